The molecule has 13 heavy (non-hydrogen) atoms. The standard InChI is InChI=1S/C9H16O4/c1-9(2,3)13-6-7(10)5-8(11)12-4/h5-6H2,1-4H3. The third-order valence-corrected chi connectivity index (χ3v) is 1.24. The van der Waals surface area contributed by atoms with E-state index in [9.17, 15) is 9.59 Å². The van der Waals surface area contributed by atoms with Gasteiger partial charge in [-0.25, -0.2) is 0 Å². The highest BCUT2D eigenvalue weighted by atomic mass is 16.5. The van der Waals surface area contributed by atoms with Crippen molar-refractivity contribution in [3.63, 3.8) is 0 Å². The Morgan fingerprint density at radius 1 is 1.23 bits per heavy atom. The number of carbonyl (C=O) groups is 2. The minimum Gasteiger partial charge on any atom is -0.469 e. The van der Waals surface area contributed by atoms with Crippen molar-refractivity contribution in [1.29, 1.82) is 0 Å². The lowest BCUT2D eigenvalue weighted by atomic mass is 10.2. The summed E-state index contributed by atoms with van der Waals surface area (Å²) < 4.78 is 9.52. The molecule has 0 aromatic carbocycles. The van der Waals surface area contributed by atoms with Crippen molar-refractivity contribution in [2.45, 2.75) is 32.8 Å². The molecular weight excluding hydrogens is 172 g/mol. The van der Waals surface area contributed by atoms with Gasteiger partial charge >= 0.3 is 5.97 Å². The highest BCUT2D eigenvalue weighted by Gasteiger charge is 2.15. The van der Waals surface area contributed by atoms with Gasteiger partial charge in [-0.05, 0) is 20.8 Å². The number of esters is 1. The van der Waals surface area contributed by atoms with Crippen molar-refractivity contribution in [2.75, 3.05) is 13.7 Å². The predicted molar refractivity (Wildman–Crippen MR) is 47.3 cm³/mol. The van der Waals surface area contributed by atoms with Gasteiger partial charge in [-0.3, -0.25) is 9.59 Å². The Morgan fingerprint density at radius 3 is 2.15 bits per heavy atom. The predicted octanol–water partition coefficient (Wildman–Crippen LogP) is 0.934. The zero-order valence-corrected chi connectivity index (χ0v) is 8.55. The molecule has 0 aliphatic carbocycles. The second kappa shape index (κ2) is 4.97. The number of ether oxygens (including phenoxy) is 2. The maximum absolute atomic E-state index is 11.0. The van der Waals surface area contributed by atoms with Crippen molar-refractivity contribution >= 4 is 11.8 Å². The average Bonchev–Trinajstić information content (AvgIpc) is 1.99. The zero-order chi connectivity index (χ0) is 10.5. The first-order valence-electron chi connectivity index (χ1n) is 4.07. The molecule has 0 aliphatic heterocycles. The first-order chi connectivity index (χ1) is 5.85. The Balaban J connectivity index is 3.70. The van der Waals surface area contributed by atoms with Gasteiger partial charge in [-0.15, -0.1) is 0 Å². The van der Waals surface area contributed by atoms with E-state index < -0.39 is 5.97 Å². The topological polar surface area (TPSA) is 52.6 Å². The molecule has 0 N–H and O–H groups in total. The summed E-state index contributed by atoms with van der Waals surface area (Å²) in [6, 6.07) is 0. The van der Waals surface area contributed by atoms with Crippen LogP contribution in [0.15, 0.2) is 0 Å². The van der Waals surface area contributed by atoms with Crippen LogP contribution >= 0.6 is 0 Å². The van der Waals surface area contributed by atoms with Crippen LogP contribution in [0.4, 0.5) is 0 Å². The maximum atomic E-state index is 11.0. The van der Waals surface area contributed by atoms with Crippen LogP contribution < -0.4 is 0 Å². The van der Waals surface area contributed by atoms with Crippen molar-refractivity contribution in [3.8, 4) is 0 Å². The van der Waals surface area contributed by atoms with E-state index in [1.54, 1.807) is 0 Å². The van der Waals surface area contributed by atoms with Crippen LogP contribution in [0.3, 0.4) is 0 Å². The van der Waals surface area contributed by atoms with Gasteiger partial charge in [0.25, 0.3) is 0 Å². The SMILES string of the molecule is COC(=O)CC(=O)COC(C)(C)C. The fourth-order valence-electron chi connectivity index (χ4n) is 0.581. The number of rotatable bonds is 4. The molecule has 0 bridgehead atoms. The fourth-order valence-corrected chi connectivity index (χ4v) is 0.581. The van der Waals surface area contributed by atoms with Crippen LogP contribution in [0.5, 0.6) is 0 Å². The molecule has 4 nitrogen and oxygen atoms in total. The van der Waals surface area contributed by atoms with E-state index in [0.29, 0.717) is 0 Å². The van der Waals surface area contributed by atoms with E-state index in [-0.39, 0.29) is 24.4 Å². The summed E-state index contributed by atoms with van der Waals surface area (Å²) in [5.74, 6) is -0.788. The van der Waals surface area contributed by atoms with E-state index in [1.165, 1.54) is 7.11 Å². The molecule has 0 saturated heterocycles. The monoisotopic (exact) mass is 188 g/mol. The van der Waals surface area contributed by atoms with Gasteiger partial charge in [-0.1, -0.05) is 0 Å². The lowest BCUT2D eigenvalue weighted by molar-refractivity contribution is -0.145. The third-order valence-electron chi connectivity index (χ3n) is 1.24. The lowest BCUT2D eigenvalue weighted by Gasteiger charge is -2.18. The van der Waals surface area contributed by atoms with E-state index in [2.05, 4.69) is 4.74 Å². The van der Waals surface area contributed by atoms with Gasteiger partial charge in [0.15, 0.2) is 5.78 Å². The lowest BCUT2D eigenvalue weighted by Crippen LogP contribution is -2.24. The largest absolute Gasteiger partial charge is 0.469 e. The molecule has 0 rings (SSSR count). The van der Waals surface area contributed by atoms with Crippen LogP contribution in [0.2, 0.25) is 0 Å². The van der Waals surface area contributed by atoms with Gasteiger partial charge in [0.05, 0.1) is 12.7 Å². The summed E-state index contributed by atoms with van der Waals surface area (Å²) in [6.07, 6.45) is -0.216. The van der Waals surface area contributed by atoms with Crippen LogP contribution in [-0.4, -0.2) is 31.1 Å². The summed E-state index contributed by atoms with van der Waals surface area (Å²) in [5, 5.41) is 0. The Morgan fingerprint density at radius 2 is 1.77 bits per heavy atom. The van der Waals surface area contributed by atoms with Crippen molar-refractivity contribution in [3.05, 3.63) is 0 Å². The molecule has 0 unspecified atom stereocenters. The van der Waals surface area contributed by atoms with Crippen LogP contribution in [0.25, 0.3) is 0 Å². The molecule has 76 valence electrons. The van der Waals surface area contributed by atoms with Gasteiger partial charge in [0.1, 0.15) is 13.0 Å². The molecule has 0 radical (unpaired) electrons. The molecule has 0 heterocycles. The number of carbonyl (C=O) groups excluding carboxylic acids is 2. The van der Waals surface area contributed by atoms with E-state index >= 15 is 0 Å². The first kappa shape index (κ1) is 12.1. The van der Waals surface area contributed by atoms with E-state index in [1.807, 2.05) is 20.8 Å². The minimum absolute atomic E-state index is 0.0431. The summed E-state index contributed by atoms with van der Waals surface area (Å²) in [6.45, 7) is 5.49. The van der Waals surface area contributed by atoms with Crippen molar-refractivity contribution in [2.24, 2.45) is 0 Å². The molecule has 0 saturated carbocycles. The number of methoxy groups -OCH3 is 1. The van der Waals surface area contributed by atoms with Crippen molar-refractivity contribution < 1.29 is 19.1 Å². The summed E-state index contributed by atoms with van der Waals surface area (Å²) in [7, 11) is 1.25. The highest BCUT2D eigenvalue weighted by Crippen LogP contribution is 2.06. The van der Waals surface area contributed by atoms with E-state index in [4.69, 9.17) is 4.74 Å². The number of ketones is 1. The second-order valence-electron chi connectivity index (χ2n) is 3.69. The molecule has 0 aromatic heterocycles. The van der Waals surface area contributed by atoms with Crippen LogP contribution in [0, 0.1) is 0 Å². The maximum Gasteiger partial charge on any atom is 0.313 e. The molecule has 0 aromatic rings. The van der Waals surface area contributed by atoms with Gasteiger partial charge in [0.2, 0.25) is 0 Å². The molecule has 0 spiro atoms. The summed E-state index contributed by atoms with van der Waals surface area (Å²) in [5.41, 5.74) is -0.355. The number of hydrogen-bond donors (Lipinski definition) is 0. The molecule has 0 fully saturated rings. The quantitative estimate of drug-likeness (QED) is 0.486. The first-order valence-corrected chi connectivity index (χ1v) is 4.07. The Labute approximate surface area is 78.2 Å². The highest BCUT2D eigenvalue weighted by molar-refractivity contribution is 5.96. The van der Waals surface area contributed by atoms with Crippen LogP contribution in [-0.2, 0) is 19.1 Å². The number of Topliss-reactive ketones (excluding diaryl/α,β-unsaturated/α-hetero) is 1. The Bertz CT molecular complexity index is 190. The molecule has 4 heteroatoms. The summed E-state index contributed by atoms with van der Waals surface area (Å²) in [4.78, 5) is 21.7. The third kappa shape index (κ3) is 7.46. The normalized spacial score (nSPS) is 11.1. The Hall–Kier alpha value is -0.900. The van der Waals surface area contributed by atoms with Gasteiger partial charge in [0, 0.05) is 0 Å². The molecule has 0 atom stereocenters. The van der Waals surface area contributed by atoms with Gasteiger partial charge < -0.3 is 9.47 Å². The van der Waals surface area contributed by atoms with Crippen LogP contribution in [0.1, 0.15) is 27.2 Å². The minimum atomic E-state index is -0.525. The average molecular weight is 188 g/mol. The molecule has 0 aliphatic rings. The second-order valence-corrected chi connectivity index (χ2v) is 3.69. The number of hydrogen-bond acceptors (Lipinski definition) is 4. The zero-order valence-electron chi connectivity index (χ0n) is 8.55. The summed E-state index contributed by atoms with van der Waals surface area (Å²) >= 11 is 0. The Kier molecular flexibility index (Phi) is 4.62. The molecule has 0 amide bonds. The van der Waals surface area contributed by atoms with Gasteiger partial charge in [-0.2, -0.15) is 0 Å². The van der Waals surface area contributed by atoms with Crippen molar-refractivity contribution in [1.82, 2.24) is 0 Å². The molecular formula is C9H16O4. The van der Waals surface area contributed by atoms with E-state index in [0.717, 1.165) is 0 Å². The smallest absolute Gasteiger partial charge is 0.313 e. The fraction of sp³-hybridized carbons (Fsp3) is 0.778.